The summed E-state index contributed by atoms with van der Waals surface area (Å²) in [7, 11) is 0. The van der Waals surface area contributed by atoms with E-state index in [4.69, 9.17) is 12.2 Å². The van der Waals surface area contributed by atoms with Crippen LogP contribution in [0.5, 0.6) is 0 Å². The van der Waals surface area contributed by atoms with E-state index in [0.717, 1.165) is 35.2 Å². The number of fused-ring (bicyclic) bond motifs is 1. The summed E-state index contributed by atoms with van der Waals surface area (Å²) in [5, 5.41) is 2.82. The molecule has 178 valence electrons. The Balaban J connectivity index is 1.79. The highest BCUT2D eigenvalue weighted by atomic mass is 32.1. The van der Waals surface area contributed by atoms with Crippen molar-refractivity contribution in [2.45, 2.75) is 66.3 Å². The number of carbonyl (C=O) groups excluding carboxylic acids is 2. The Bertz CT molecular complexity index is 1240. The predicted octanol–water partition coefficient (Wildman–Crippen LogP) is 5.56. The molecule has 34 heavy (non-hydrogen) atoms. The van der Waals surface area contributed by atoms with E-state index in [2.05, 4.69) is 50.0 Å². The molecule has 6 heteroatoms. The molecule has 0 aliphatic carbocycles. The minimum absolute atomic E-state index is 0.0783. The van der Waals surface area contributed by atoms with Gasteiger partial charge in [-0.15, -0.1) is 0 Å². The molecule has 2 aliphatic rings. The fourth-order valence-corrected chi connectivity index (χ4v) is 5.77. The van der Waals surface area contributed by atoms with E-state index < -0.39 is 11.8 Å². The summed E-state index contributed by atoms with van der Waals surface area (Å²) >= 11 is 5.38. The van der Waals surface area contributed by atoms with E-state index >= 15 is 0 Å². The number of thiocarbonyl (C=S) groups is 1. The molecule has 4 rings (SSSR count). The average molecular weight is 476 g/mol. The second-order valence-electron chi connectivity index (χ2n) is 10.2. The van der Waals surface area contributed by atoms with E-state index in [1.807, 2.05) is 39.0 Å². The standard InChI is InChI=1S/C28H33N3O2S/c1-8-30-24-12-17(3)20(13-21(24)19(5)15-28(30,6)7)14-22-25(32)29-27(34)31(26(22)33)23-10-9-16(2)11-18(23)4/h9-14,19H,8,15H2,1-7H3,(H,29,32,34)/b22-14+. The van der Waals surface area contributed by atoms with Crippen LogP contribution in [0.1, 0.15) is 67.9 Å². The van der Waals surface area contributed by atoms with Gasteiger partial charge in [0.25, 0.3) is 11.8 Å². The van der Waals surface area contributed by atoms with Gasteiger partial charge in [-0.3, -0.25) is 19.8 Å². The van der Waals surface area contributed by atoms with Crippen LogP contribution in [0.4, 0.5) is 11.4 Å². The van der Waals surface area contributed by atoms with Gasteiger partial charge in [0.05, 0.1) is 5.69 Å². The zero-order chi connectivity index (χ0) is 24.9. The number of anilines is 2. The van der Waals surface area contributed by atoms with E-state index in [1.165, 1.54) is 16.2 Å². The van der Waals surface area contributed by atoms with Crippen molar-refractivity contribution in [1.29, 1.82) is 0 Å². The summed E-state index contributed by atoms with van der Waals surface area (Å²) in [5.41, 5.74) is 7.28. The number of amides is 2. The maximum absolute atomic E-state index is 13.5. The van der Waals surface area contributed by atoms with Gasteiger partial charge in [0.15, 0.2) is 5.11 Å². The van der Waals surface area contributed by atoms with Gasteiger partial charge >= 0.3 is 0 Å². The highest BCUT2D eigenvalue weighted by Gasteiger charge is 2.37. The zero-order valence-electron chi connectivity index (χ0n) is 21.1. The third-order valence-electron chi connectivity index (χ3n) is 7.08. The molecular formula is C28H33N3O2S. The second-order valence-corrected chi connectivity index (χ2v) is 10.6. The van der Waals surface area contributed by atoms with Crippen LogP contribution in [-0.2, 0) is 9.59 Å². The molecule has 2 aromatic carbocycles. The molecule has 2 aromatic rings. The zero-order valence-corrected chi connectivity index (χ0v) is 21.9. The van der Waals surface area contributed by atoms with Gasteiger partial charge < -0.3 is 4.90 Å². The number of benzene rings is 2. The maximum Gasteiger partial charge on any atom is 0.270 e. The van der Waals surface area contributed by atoms with Gasteiger partial charge in [0, 0.05) is 17.8 Å². The third-order valence-corrected chi connectivity index (χ3v) is 7.37. The van der Waals surface area contributed by atoms with Gasteiger partial charge in [0.2, 0.25) is 0 Å². The fourth-order valence-electron chi connectivity index (χ4n) is 5.49. The lowest BCUT2D eigenvalue weighted by atomic mass is 9.79. The summed E-state index contributed by atoms with van der Waals surface area (Å²) in [6.07, 6.45) is 2.76. The summed E-state index contributed by atoms with van der Waals surface area (Å²) in [6.45, 7) is 15.9. The molecule has 0 radical (unpaired) electrons. The van der Waals surface area contributed by atoms with Crippen LogP contribution < -0.4 is 15.1 Å². The molecule has 2 aliphatic heterocycles. The van der Waals surface area contributed by atoms with Crippen molar-refractivity contribution in [3.8, 4) is 0 Å². The first-order chi connectivity index (χ1) is 15.9. The van der Waals surface area contributed by atoms with Gasteiger partial charge in [-0.05, 0) is 113 Å². The lowest BCUT2D eigenvalue weighted by Gasteiger charge is -2.47. The van der Waals surface area contributed by atoms with Crippen LogP contribution >= 0.6 is 12.2 Å². The molecule has 2 heterocycles. The van der Waals surface area contributed by atoms with E-state index in [0.29, 0.717) is 11.6 Å². The Kier molecular flexibility index (Phi) is 6.15. The summed E-state index contributed by atoms with van der Waals surface area (Å²) in [4.78, 5) is 30.3. The topological polar surface area (TPSA) is 52.7 Å². The Labute approximate surface area is 207 Å². The van der Waals surface area contributed by atoms with Crippen molar-refractivity contribution < 1.29 is 9.59 Å². The number of hydrogen-bond acceptors (Lipinski definition) is 4. The fraction of sp³-hybridized carbons (Fsp3) is 0.393. The van der Waals surface area contributed by atoms with Crippen molar-refractivity contribution in [2.75, 3.05) is 16.3 Å². The first kappa shape index (κ1) is 24.1. The Morgan fingerprint density at radius 3 is 2.44 bits per heavy atom. The molecule has 2 amide bonds. The Hall–Kier alpha value is -2.99. The molecule has 1 N–H and O–H groups in total. The second kappa shape index (κ2) is 8.66. The average Bonchev–Trinajstić information content (AvgIpc) is 2.72. The first-order valence-electron chi connectivity index (χ1n) is 11.9. The van der Waals surface area contributed by atoms with E-state index in [9.17, 15) is 9.59 Å². The minimum atomic E-state index is -0.461. The summed E-state index contributed by atoms with van der Waals surface area (Å²) < 4.78 is 0. The molecule has 5 nitrogen and oxygen atoms in total. The van der Waals surface area contributed by atoms with Crippen molar-refractivity contribution in [1.82, 2.24) is 5.32 Å². The van der Waals surface area contributed by atoms with Gasteiger partial charge in [0.1, 0.15) is 5.57 Å². The number of rotatable bonds is 3. The number of aryl methyl sites for hydroxylation is 3. The van der Waals surface area contributed by atoms with Crippen molar-refractivity contribution in [3.05, 3.63) is 63.7 Å². The van der Waals surface area contributed by atoms with Crippen LogP contribution in [-0.4, -0.2) is 29.0 Å². The number of nitrogens with zero attached hydrogens (tertiary/aromatic N) is 2. The molecular weight excluding hydrogens is 442 g/mol. The van der Waals surface area contributed by atoms with E-state index in [-0.39, 0.29) is 16.2 Å². The third kappa shape index (κ3) is 4.05. The first-order valence-corrected chi connectivity index (χ1v) is 12.3. The van der Waals surface area contributed by atoms with Crippen LogP contribution in [0.25, 0.3) is 6.08 Å². The normalized spacial score (nSPS) is 21.1. The maximum atomic E-state index is 13.5. The molecule has 0 spiro atoms. The summed E-state index contributed by atoms with van der Waals surface area (Å²) in [6, 6.07) is 10.2. The molecule has 1 unspecified atom stereocenters. The van der Waals surface area contributed by atoms with Crippen molar-refractivity contribution >= 4 is 46.6 Å². The lowest BCUT2D eigenvalue weighted by molar-refractivity contribution is -0.122. The Morgan fingerprint density at radius 2 is 1.79 bits per heavy atom. The number of hydrogen-bond donors (Lipinski definition) is 1. The SMILES string of the molecule is CCN1c2cc(C)c(/C=C3\C(=O)NC(=S)N(c4ccc(C)cc4C)C3=O)cc2C(C)CC1(C)C. The molecule has 0 bridgehead atoms. The lowest BCUT2D eigenvalue weighted by Crippen LogP contribution is -2.54. The molecule has 0 saturated carbocycles. The largest absolute Gasteiger partial charge is 0.366 e. The Morgan fingerprint density at radius 1 is 1.09 bits per heavy atom. The molecule has 1 saturated heterocycles. The number of nitrogens with one attached hydrogen (secondary N) is 1. The molecule has 1 atom stereocenters. The summed E-state index contributed by atoms with van der Waals surface area (Å²) in [5.74, 6) is -0.486. The monoisotopic (exact) mass is 475 g/mol. The van der Waals surface area contributed by atoms with E-state index in [1.54, 1.807) is 6.08 Å². The minimum Gasteiger partial charge on any atom is -0.366 e. The van der Waals surface area contributed by atoms with Crippen molar-refractivity contribution in [2.24, 2.45) is 0 Å². The van der Waals surface area contributed by atoms with Gasteiger partial charge in [-0.25, -0.2) is 0 Å². The van der Waals surface area contributed by atoms with Crippen molar-refractivity contribution in [3.63, 3.8) is 0 Å². The van der Waals surface area contributed by atoms with Crippen LogP contribution in [0.3, 0.4) is 0 Å². The number of carbonyl (C=O) groups is 2. The molecule has 0 aromatic heterocycles. The van der Waals surface area contributed by atoms with Gasteiger partial charge in [-0.1, -0.05) is 24.6 Å². The highest BCUT2D eigenvalue weighted by Crippen LogP contribution is 2.44. The van der Waals surface area contributed by atoms with Crippen LogP contribution in [0.15, 0.2) is 35.9 Å². The van der Waals surface area contributed by atoms with Crippen LogP contribution in [0.2, 0.25) is 0 Å². The van der Waals surface area contributed by atoms with Gasteiger partial charge in [-0.2, -0.15) is 0 Å². The molecule has 1 fully saturated rings. The highest BCUT2D eigenvalue weighted by molar-refractivity contribution is 7.80. The van der Waals surface area contributed by atoms with Crippen LogP contribution in [0, 0.1) is 20.8 Å². The predicted molar refractivity (Wildman–Crippen MR) is 143 cm³/mol. The quantitative estimate of drug-likeness (QED) is 0.359. The smallest absolute Gasteiger partial charge is 0.270 e.